The van der Waals surface area contributed by atoms with Gasteiger partial charge in [0.15, 0.2) is 5.78 Å². The maximum Gasteiger partial charge on any atom is 0.241 e. The quantitative estimate of drug-likeness (QED) is 0.764. The highest BCUT2D eigenvalue weighted by Crippen LogP contribution is 2.22. The first-order valence-corrected chi connectivity index (χ1v) is 9.82. The second-order valence-corrected chi connectivity index (χ2v) is 7.47. The van der Waals surface area contributed by atoms with E-state index in [4.69, 9.17) is 0 Å². The predicted octanol–water partition coefficient (Wildman–Crippen LogP) is 2.91. The minimum atomic E-state index is -0.394. The molecule has 1 aliphatic rings. The van der Waals surface area contributed by atoms with Crippen LogP contribution in [0.1, 0.15) is 34.3 Å². The number of nitrogens with one attached hydrogen (secondary N) is 1. The highest BCUT2D eigenvalue weighted by atomic mass is 19.1. The van der Waals surface area contributed by atoms with Gasteiger partial charge in [-0.3, -0.25) is 14.4 Å². The summed E-state index contributed by atoms with van der Waals surface area (Å²) in [6.07, 6.45) is 1.27. The van der Waals surface area contributed by atoms with E-state index in [1.54, 1.807) is 17.0 Å². The van der Waals surface area contributed by atoms with Gasteiger partial charge in [0.1, 0.15) is 5.82 Å². The Morgan fingerprint density at radius 1 is 1.07 bits per heavy atom. The van der Waals surface area contributed by atoms with Gasteiger partial charge in [0.25, 0.3) is 0 Å². The standard InChI is InChI=1S/C23H25FN2O3/c1-16-5-7-18(8-6-16)23(29)19-9-11-26(12-10-19)22(28)15-25-21(27)14-17-3-2-4-20(24)13-17/h2-8,13,19H,9-12,14-15H2,1H3,(H,25,27). The number of benzene rings is 2. The third kappa shape index (κ3) is 5.73. The lowest BCUT2D eigenvalue weighted by Crippen LogP contribution is -2.45. The van der Waals surface area contributed by atoms with Gasteiger partial charge in [0.05, 0.1) is 13.0 Å². The number of carbonyl (C=O) groups is 3. The molecule has 0 saturated carbocycles. The molecule has 0 unspecified atom stereocenters. The summed E-state index contributed by atoms with van der Waals surface area (Å²) in [5.41, 5.74) is 2.39. The van der Waals surface area contributed by atoms with Crippen molar-refractivity contribution in [1.82, 2.24) is 10.2 Å². The second kappa shape index (κ2) is 9.45. The van der Waals surface area contributed by atoms with E-state index < -0.39 is 5.82 Å². The minimum absolute atomic E-state index is 0.0260. The number of likely N-dealkylation sites (tertiary alicyclic amines) is 1. The lowest BCUT2D eigenvalue weighted by atomic mass is 9.88. The van der Waals surface area contributed by atoms with Gasteiger partial charge in [-0.2, -0.15) is 0 Å². The summed E-state index contributed by atoms with van der Waals surface area (Å²) in [5.74, 6) is -0.841. The van der Waals surface area contributed by atoms with E-state index in [1.807, 2.05) is 31.2 Å². The molecule has 1 saturated heterocycles. The van der Waals surface area contributed by atoms with Crippen LogP contribution in [-0.4, -0.2) is 42.1 Å². The van der Waals surface area contributed by atoms with Crippen molar-refractivity contribution < 1.29 is 18.8 Å². The predicted molar refractivity (Wildman–Crippen MR) is 108 cm³/mol. The van der Waals surface area contributed by atoms with Crippen molar-refractivity contribution in [3.8, 4) is 0 Å². The molecule has 2 aromatic rings. The maximum atomic E-state index is 13.2. The van der Waals surface area contributed by atoms with Crippen LogP contribution in [0.2, 0.25) is 0 Å². The van der Waals surface area contributed by atoms with Crippen molar-refractivity contribution in [2.45, 2.75) is 26.2 Å². The smallest absolute Gasteiger partial charge is 0.241 e. The van der Waals surface area contributed by atoms with E-state index in [9.17, 15) is 18.8 Å². The van der Waals surface area contributed by atoms with Crippen LogP contribution in [0.15, 0.2) is 48.5 Å². The Morgan fingerprint density at radius 2 is 1.76 bits per heavy atom. The largest absolute Gasteiger partial charge is 0.347 e. The molecule has 1 N–H and O–H groups in total. The van der Waals surface area contributed by atoms with Crippen LogP contribution in [0.4, 0.5) is 4.39 Å². The highest BCUT2D eigenvalue weighted by Gasteiger charge is 2.27. The number of carbonyl (C=O) groups excluding carboxylic acids is 3. The second-order valence-electron chi connectivity index (χ2n) is 7.47. The molecule has 2 aromatic carbocycles. The minimum Gasteiger partial charge on any atom is -0.347 e. The fourth-order valence-electron chi connectivity index (χ4n) is 3.53. The molecule has 0 aromatic heterocycles. The molecule has 0 spiro atoms. The van der Waals surface area contributed by atoms with Gasteiger partial charge in [-0.1, -0.05) is 42.0 Å². The molecule has 0 bridgehead atoms. The SMILES string of the molecule is Cc1ccc(C(=O)C2CCN(C(=O)CNC(=O)Cc3cccc(F)c3)CC2)cc1. The third-order valence-corrected chi connectivity index (χ3v) is 5.25. The van der Waals surface area contributed by atoms with Gasteiger partial charge in [-0.25, -0.2) is 4.39 Å². The monoisotopic (exact) mass is 396 g/mol. The molecule has 29 heavy (non-hydrogen) atoms. The maximum absolute atomic E-state index is 13.2. The molecule has 0 aliphatic carbocycles. The van der Waals surface area contributed by atoms with Crippen LogP contribution in [0.3, 0.4) is 0 Å². The number of hydrogen-bond donors (Lipinski definition) is 1. The van der Waals surface area contributed by atoms with Crippen molar-refractivity contribution in [1.29, 1.82) is 0 Å². The van der Waals surface area contributed by atoms with E-state index in [-0.39, 0.29) is 36.5 Å². The Hall–Kier alpha value is -3.02. The van der Waals surface area contributed by atoms with E-state index in [1.165, 1.54) is 12.1 Å². The molecule has 0 radical (unpaired) electrons. The van der Waals surface area contributed by atoms with Crippen LogP contribution in [0, 0.1) is 18.7 Å². The molecular weight excluding hydrogens is 371 g/mol. The van der Waals surface area contributed by atoms with Crippen molar-refractivity contribution in [3.05, 3.63) is 71.0 Å². The number of aryl methyl sites for hydroxylation is 1. The fourth-order valence-corrected chi connectivity index (χ4v) is 3.53. The van der Waals surface area contributed by atoms with Gasteiger partial charge in [-0.15, -0.1) is 0 Å². The summed E-state index contributed by atoms with van der Waals surface area (Å²) in [6, 6.07) is 13.4. The first-order chi connectivity index (χ1) is 13.9. The Kier molecular flexibility index (Phi) is 6.75. The highest BCUT2D eigenvalue weighted by molar-refractivity contribution is 5.98. The van der Waals surface area contributed by atoms with Gasteiger partial charge < -0.3 is 10.2 Å². The Balaban J connectivity index is 1.43. The van der Waals surface area contributed by atoms with E-state index >= 15 is 0 Å². The van der Waals surface area contributed by atoms with Crippen LogP contribution in [0.5, 0.6) is 0 Å². The number of halogens is 1. The zero-order valence-corrected chi connectivity index (χ0v) is 16.5. The summed E-state index contributed by atoms with van der Waals surface area (Å²) >= 11 is 0. The Morgan fingerprint density at radius 3 is 2.41 bits per heavy atom. The summed E-state index contributed by atoms with van der Waals surface area (Å²) in [6.45, 7) is 2.89. The number of nitrogens with zero attached hydrogens (tertiary/aromatic N) is 1. The van der Waals surface area contributed by atoms with Crippen LogP contribution in [-0.2, 0) is 16.0 Å². The van der Waals surface area contributed by atoms with E-state index in [2.05, 4.69) is 5.32 Å². The van der Waals surface area contributed by atoms with Crippen molar-refractivity contribution in [2.75, 3.05) is 19.6 Å². The van der Waals surface area contributed by atoms with E-state index in [0.29, 0.717) is 37.1 Å². The number of ketones is 1. The van der Waals surface area contributed by atoms with Gasteiger partial charge in [0.2, 0.25) is 11.8 Å². The number of rotatable bonds is 6. The third-order valence-electron chi connectivity index (χ3n) is 5.25. The summed E-state index contributed by atoms with van der Waals surface area (Å²) in [7, 11) is 0. The van der Waals surface area contributed by atoms with Crippen molar-refractivity contribution >= 4 is 17.6 Å². The van der Waals surface area contributed by atoms with Crippen LogP contribution in [0.25, 0.3) is 0 Å². The molecule has 0 atom stereocenters. The average Bonchev–Trinajstić information content (AvgIpc) is 2.72. The number of hydrogen-bond acceptors (Lipinski definition) is 3. The van der Waals surface area contributed by atoms with Gasteiger partial charge >= 0.3 is 0 Å². The molecule has 1 heterocycles. The fraction of sp³-hybridized carbons (Fsp3) is 0.348. The lowest BCUT2D eigenvalue weighted by Gasteiger charge is -2.31. The summed E-state index contributed by atoms with van der Waals surface area (Å²) in [4.78, 5) is 38.6. The molecule has 1 fully saturated rings. The molecular formula is C23H25FN2O3. The summed E-state index contributed by atoms with van der Waals surface area (Å²) in [5, 5.41) is 2.59. The van der Waals surface area contributed by atoms with Gasteiger partial charge in [-0.05, 0) is 37.5 Å². The molecule has 5 nitrogen and oxygen atoms in total. The van der Waals surface area contributed by atoms with Crippen molar-refractivity contribution in [3.63, 3.8) is 0 Å². The first-order valence-electron chi connectivity index (χ1n) is 9.82. The number of amides is 2. The lowest BCUT2D eigenvalue weighted by molar-refractivity contribution is -0.133. The normalized spacial score (nSPS) is 14.5. The Labute approximate surface area is 169 Å². The number of Topliss-reactive ketones (excluding diaryl/α,β-unsaturated/α-hetero) is 1. The summed E-state index contributed by atoms with van der Waals surface area (Å²) < 4.78 is 13.2. The van der Waals surface area contributed by atoms with Gasteiger partial charge in [0, 0.05) is 24.6 Å². The van der Waals surface area contributed by atoms with Crippen LogP contribution >= 0.6 is 0 Å². The average molecular weight is 396 g/mol. The first kappa shape index (κ1) is 20.7. The molecule has 2 amide bonds. The molecule has 1 aliphatic heterocycles. The molecule has 6 heteroatoms. The van der Waals surface area contributed by atoms with Crippen molar-refractivity contribution in [2.24, 2.45) is 5.92 Å². The zero-order chi connectivity index (χ0) is 20.8. The molecule has 3 rings (SSSR count). The van der Waals surface area contributed by atoms with Crippen LogP contribution < -0.4 is 5.32 Å². The zero-order valence-electron chi connectivity index (χ0n) is 16.5. The van der Waals surface area contributed by atoms with E-state index in [0.717, 1.165) is 5.56 Å². The number of piperidine rings is 1. The topological polar surface area (TPSA) is 66.5 Å². The molecule has 152 valence electrons. The Bertz CT molecular complexity index is 887.